The molecule has 0 aliphatic heterocycles. The number of para-hydroxylation sites is 1. The Balaban J connectivity index is 2.28. The normalized spacial score (nSPS) is 11.8. The summed E-state index contributed by atoms with van der Waals surface area (Å²) in [4.78, 5) is 24.9. The van der Waals surface area contributed by atoms with Crippen molar-refractivity contribution in [3.63, 3.8) is 0 Å². The number of carboxylic acids is 1. The molecule has 0 bridgehead atoms. The van der Waals surface area contributed by atoms with E-state index in [9.17, 15) is 14.0 Å². The summed E-state index contributed by atoms with van der Waals surface area (Å²) in [7, 11) is 0. The second kappa shape index (κ2) is 8.49. The average Bonchev–Trinajstić information content (AvgIpc) is 2.58. The van der Waals surface area contributed by atoms with Gasteiger partial charge in [-0.25, -0.2) is 4.39 Å². The molecular formula is C18H18FNO3S. The highest BCUT2D eigenvalue weighted by Gasteiger charge is 2.28. The van der Waals surface area contributed by atoms with Crippen LogP contribution in [0.25, 0.3) is 0 Å². The molecule has 126 valence electrons. The number of thiol groups is 1. The molecule has 1 N–H and O–H groups in total. The van der Waals surface area contributed by atoms with Crippen LogP contribution in [0.2, 0.25) is 0 Å². The Bertz CT molecular complexity index is 708. The number of hydrogen-bond donors (Lipinski definition) is 2. The first-order valence-electron chi connectivity index (χ1n) is 7.45. The number of carbonyl (C=O) groups excluding carboxylic acids is 1. The zero-order valence-corrected chi connectivity index (χ0v) is 13.8. The SMILES string of the molecule is O=C(O)CN(C(=O)C(CS)Cc1ccccc1)c1ccccc1F. The zero-order chi connectivity index (χ0) is 17.5. The lowest BCUT2D eigenvalue weighted by atomic mass is 9.99. The van der Waals surface area contributed by atoms with Crippen LogP contribution in [-0.4, -0.2) is 29.3 Å². The van der Waals surface area contributed by atoms with Gasteiger partial charge in [0.05, 0.1) is 11.6 Å². The first-order valence-corrected chi connectivity index (χ1v) is 8.08. The third-order valence-corrected chi connectivity index (χ3v) is 4.04. The molecule has 2 rings (SSSR count). The Morgan fingerprint density at radius 3 is 2.29 bits per heavy atom. The lowest BCUT2D eigenvalue weighted by Gasteiger charge is -2.26. The van der Waals surface area contributed by atoms with Crippen LogP contribution in [0, 0.1) is 11.7 Å². The number of carboxylic acid groups (broad SMARTS) is 1. The van der Waals surface area contributed by atoms with Crippen LogP contribution in [-0.2, 0) is 16.0 Å². The van der Waals surface area contributed by atoms with Crippen LogP contribution in [0.1, 0.15) is 5.56 Å². The van der Waals surface area contributed by atoms with Crippen molar-refractivity contribution in [2.24, 2.45) is 5.92 Å². The van der Waals surface area contributed by atoms with Gasteiger partial charge in [0.2, 0.25) is 5.91 Å². The van der Waals surface area contributed by atoms with Crippen LogP contribution < -0.4 is 4.90 Å². The van der Waals surface area contributed by atoms with E-state index in [1.54, 1.807) is 6.07 Å². The number of benzene rings is 2. The molecule has 2 aromatic rings. The Labute approximate surface area is 145 Å². The van der Waals surface area contributed by atoms with E-state index in [4.69, 9.17) is 5.11 Å². The minimum atomic E-state index is -1.20. The maximum absolute atomic E-state index is 14.0. The molecule has 0 fully saturated rings. The molecular weight excluding hydrogens is 329 g/mol. The van der Waals surface area contributed by atoms with Gasteiger partial charge in [-0.2, -0.15) is 12.6 Å². The predicted octanol–water partition coefficient (Wildman–Crippen LogP) is 3.03. The fraction of sp³-hybridized carbons (Fsp3) is 0.222. The highest BCUT2D eigenvalue weighted by atomic mass is 32.1. The Kier molecular flexibility index (Phi) is 6.37. The molecule has 4 nitrogen and oxygen atoms in total. The van der Waals surface area contributed by atoms with E-state index in [2.05, 4.69) is 12.6 Å². The zero-order valence-electron chi connectivity index (χ0n) is 12.9. The van der Waals surface area contributed by atoms with Crippen molar-refractivity contribution in [3.05, 3.63) is 66.0 Å². The van der Waals surface area contributed by atoms with Gasteiger partial charge in [0.15, 0.2) is 0 Å². The number of hydrogen-bond acceptors (Lipinski definition) is 3. The molecule has 1 unspecified atom stereocenters. The monoisotopic (exact) mass is 347 g/mol. The van der Waals surface area contributed by atoms with E-state index in [0.717, 1.165) is 10.5 Å². The van der Waals surface area contributed by atoms with E-state index in [-0.39, 0.29) is 11.4 Å². The van der Waals surface area contributed by atoms with Gasteiger partial charge in [-0.3, -0.25) is 14.5 Å². The van der Waals surface area contributed by atoms with Gasteiger partial charge in [-0.1, -0.05) is 42.5 Å². The molecule has 0 aromatic heterocycles. The molecule has 0 aliphatic rings. The van der Waals surface area contributed by atoms with Crippen molar-refractivity contribution in [1.82, 2.24) is 0 Å². The number of rotatable bonds is 7. The molecule has 0 radical (unpaired) electrons. The number of amides is 1. The fourth-order valence-corrected chi connectivity index (χ4v) is 2.72. The topological polar surface area (TPSA) is 57.6 Å². The van der Waals surface area contributed by atoms with Crippen LogP contribution in [0.3, 0.4) is 0 Å². The maximum Gasteiger partial charge on any atom is 0.323 e. The fourth-order valence-electron chi connectivity index (χ4n) is 2.44. The first kappa shape index (κ1) is 18.0. The van der Waals surface area contributed by atoms with E-state index in [1.165, 1.54) is 18.2 Å². The molecule has 0 aliphatic carbocycles. The van der Waals surface area contributed by atoms with Gasteiger partial charge in [0.1, 0.15) is 12.4 Å². The molecule has 2 aromatic carbocycles. The molecule has 0 spiro atoms. The van der Waals surface area contributed by atoms with Gasteiger partial charge >= 0.3 is 5.97 Å². The van der Waals surface area contributed by atoms with Crippen molar-refractivity contribution in [1.29, 1.82) is 0 Å². The second-order valence-corrected chi connectivity index (χ2v) is 5.70. The molecule has 0 saturated carbocycles. The lowest BCUT2D eigenvalue weighted by Crippen LogP contribution is -2.41. The summed E-state index contributed by atoms with van der Waals surface area (Å²) in [6.07, 6.45) is 0.410. The minimum Gasteiger partial charge on any atom is -0.480 e. The number of halogens is 1. The van der Waals surface area contributed by atoms with Crippen molar-refractivity contribution >= 4 is 30.2 Å². The van der Waals surface area contributed by atoms with E-state index in [1.807, 2.05) is 30.3 Å². The third kappa shape index (κ3) is 4.58. The van der Waals surface area contributed by atoms with Gasteiger partial charge in [-0.05, 0) is 24.1 Å². The lowest BCUT2D eigenvalue weighted by molar-refractivity contribution is -0.137. The summed E-state index contributed by atoms with van der Waals surface area (Å²) in [6, 6.07) is 15.0. The van der Waals surface area contributed by atoms with Gasteiger partial charge in [0, 0.05) is 5.75 Å². The van der Waals surface area contributed by atoms with Crippen LogP contribution in [0.4, 0.5) is 10.1 Å². The van der Waals surface area contributed by atoms with E-state index in [0.29, 0.717) is 6.42 Å². The molecule has 1 amide bonds. The van der Waals surface area contributed by atoms with Crippen LogP contribution >= 0.6 is 12.6 Å². The summed E-state index contributed by atoms with van der Waals surface area (Å²) in [5.74, 6) is -2.61. The average molecular weight is 347 g/mol. The summed E-state index contributed by atoms with van der Waals surface area (Å²) in [5.41, 5.74) is 0.901. The predicted molar refractivity (Wildman–Crippen MR) is 93.9 cm³/mol. The van der Waals surface area contributed by atoms with Crippen LogP contribution in [0.15, 0.2) is 54.6 Å². The standard InChI is InChI=1S/C18H18FNO3S/c19-15-8-4-5-9-16(15)20(11-17(21)22)18(23)14(12-24)10-13-6-2-1-3-7-13/h1-9,14,24H,10-12H2,(H,21,22). The summed E-state index contributed by atoms with van der Waals surface area (Å²) < 4.78 is 14.0. The molecule has 6 heteroatoms. The van der Waals surface area contributed by atoms with Crippen molar-refractivity contribution in [2.75, 3.05) is 17.2 Å². The summed E-state index contributed by atoms with van der Waals surface area (Å²) >= 11 is 4.22. The van der Waals surface area contributed by atoms with Crippen LogP contribution in [0.5, 0.6) is 0 Å². The van der Waals surface area contributed by atoms with Crippen molar-refractivity contribution < 1.29 is 19.1 Å². The first-order chi connectivity index (χ1) is 11.5. The van der Waals surface area contributed by atoms with Crippen molar-refractivity contribution in [2.45, 2.75) is 6.42 Å². The van der Waals surface area contributed by atoms with Crippen molar-refractivity contribution in [3.8, 4) is 0 Å². The van der Waals surface area contributed by atoms with Gasteiger partial charge < -0.3 is 5.11 Å². The molecule has 1 atom stereocenters. The highest BCUT2D eigenvalue weighted by molar-refractivity contribution is 7.80. The Morgan fingerprint density at radius 2 is 1.71 bits per heavy atom. The smallest absolute Gasteiger partial charge is 0.323 e. The quantitative estimate of drug-likeness (QED) is 0.757. The molecule has 24 heavy (non-hydrogen) atoms. The number of nitrogens with zero attached hydrogens (tertiary/aromatic N) is 1. The van der Waals surface area contributed by atoms with Gasteiger partial charge in [-0.15, -0.1) is 0 Å². The number of aliphatic carboxylic acids is 1. The Morgan fingerprint density at radius 1 is 1.08 bits per heavy atom. The summed E-state index contributed by atoms with van der Waals surface area (Å²) in [5, 5.41) is 9.09. The summed E-state index contributed by atoms with van der Waals surface area (Å²) in [6.45, 7) is -0.598. The molecule has 0 heterocycles. The highest BCUT2D eigenvalue weighted by Crippen LogP contribution is 2.22. The maximum atomic E-state index is 14.0. The Hall–Kier alpha value is -2.34. The second-order valence-electron chi connectivity index (χ2n) is 5.34. The van der Waals surface area contributed by atoms with E-state index < -0.39 is 30.2 Å². The number of carbonyl (C=O) groups is 2. The largest absolute Gasteiger partial charge is 0.480 e. The molecule has 0 saturated heterocycles. The minimum absolute atomic E-state index is 0.0373. The number of anilines is 1. The van der Waals surface area contributed by atoms with Gasteiger partial charge in [0.25, 0.3) is 0 Å². The third-order valence-electron chi connectivity index (χ3n) is 3.60. The van der Waals surface area contributed by atoms with E-state index >= 15 is 0 Å².